The highest BCUT2D eigenvalue weighted by atomic mass is 32.1. The van der Waals surface area contributed by atoms with Crippen molar-refractivity contribution < 1.29 is 4.79 Å². The fourth-order valence-electron chi connectivity index (χ4n) is 2.29. The maximum Gasteiger partial charge on any atom is 0.223 e. The second kappa shape index (κ2) is 7.54. The van der Waals surface area contributed by atoms with Gasteiger partial charge in [-0.2, -0.15) is 0 Å². The highest BCUT2D eigenvalue weighted by molar-refractivity contribution is 7.09. The normalized spacial score (nSPS) is 15.9. The summed E-state index contributed by atoms with van der Waals surface area (Å²) < 4.78 is 0. The van der Waals surface area contributed by atoms with Crippen molar-refractivity contribution in [2.75, 3.05) is 26.2 Å². The lowest BCUT2D eigenvalue weighted by molar-refractivity contribution is -0.131. The van der Waals surface area contributed by atoms with Crippen LogP contribution in [0.5, 0.6) is 0 Å². The van der Waals surface area contributed by atoms with Crippen molar-refractivity contribution in [2.24, 2.45) is 0 Å². The van der Waals surface area contributed by atoms with Gasteiger partial charge in [-0.25, -0.2) is 0 Å². The van der Waals surface area contributed by atoms with Crippen molar-refractivity contribution in [1.29, 1.82) is 0 Å². The summed E-state index contributed by atoms with van der Waals surface area (Å²) in [6.45, 7) is 3.70. The van der Waals surface area contributed by atoms with E-state index < -0.39 is 0 Å². The van der Waals surface area contributed by atoms with Crippen LogP contribution in [0.4, 0.5) is 0 Å². The van der Waals surface area contributed by atoms with Gasteiger partial charge in [-0.15, -0.1) is 11.3 Å². The van der Waals surface area contributed by atoms with Crippen molar-refractivity contribution in [2.45, 2.75) is 32.1 Å². The Morgan fingerprint density at radius 1 is 1.28 bits per heavy atom. The van der Waals surface area contributed by atoms with Crippen LogP contribution >= 0.6 is 11.3 Å². The van der Waals surface area contributed by atoms with Gasteiger partial charge in [-0.3, -0.25) is 4.79 Å². The first-order valence-electron chi connectivity index (χ1n) is 6.87. The van der Waals surface area contributed by atoms with Crippen molar-refractivity contribution >= 4 is 17.2 Å². The average Bonchev–Trinajstić information content (AvgIpc) is 2.92. The van der Waals surface area contributed by atoms with E-state index in [2.05, 4.69) is 22.8 Å². The molecule has 1 aliphatic heterocycles. The first kappa shape index (κ1) is 13.6. The van der Waals surface area contributed by atoms with E-state index in [-0.39, 0.29) is 0 Å². The maximum absolute atomic E-state index is 11.9. The van der Waals surface area contributed by atoms with Crippen LogP contribution in [0.15, 0.2) is 17.5 Å². The Bertz CT molecular complexity index is 345. The number of carbonyl (C=O) groups excluding carboxylic acids is 1. The van der Waals surface area contributed by atoms with Gasteiger partial charge in [0.15, 0.2) is 0 Å². The van der Waals surface area contributed by atoms with E-state index in [1.165, 1.54) is 24.1 Å². The van der Waals surface area contributed by atoms with Gasteiger partial charge in [-0.1, -0.05) is 6.07 Å². The molecule has 4 heteroatoms. The molecule has 100 valence electrons. The molecular formula is C14H22N2OS. The standard InChI is InChI=1S/C14H22N2OS/c17-14(16-10-2-1-3-11-16)7-9-15-8-6-13-5-4-12-18-13/h4-5,12,15H,1-3,6-11H2. The molecule has 1 saturated heterocycles. The highest BCUT2D eigenvalue weighted by Crippen LogP contribution is 2.10. The van der Waals surface area contributed by atoms with E-state index in [0.29, 0.717) is 12.3 Å². The van der Waals surface area contributed by atoms with Gasteiger partial charge in [0.2, 0.25) is 5.91 Å². The molecule has 1 aromatic rings. The molecule has 0 radical (unpaired) electrons. The first-order chi connectivity index (χ1) is 8.86. The molecule has 2 rings (SSSR count). The second-order valence-electron chi connectivity index (χ2n) is 4.77. The third kappa shape index (κ3) is 4.42. The van der Waals surface area contributed by atoms with Crippen LogP contribution in [0.2, 0.25) is 0 Å². The van der Waals surface area contributed by atoms with Crippen molar-refractivity contribution in [1.82, 2.24) is 10.2 Å². The Kier molecular flexibility index (Phi) is 5.68. The van der Waals surface area contributed by atoms with E-state index in [1.54, 1.807) is 11.3 Å². The van der Waals surface area contributed by atoms with E-state index in [1.807, 2.05) is 4.90 Å². The van der Waals surface area contributed by atoms with Crippen LogP contribution in [-0.2, 0) is 11.2 Å². The van der Waals surface area contributed by atoms with Gasteiger partial charge in [-0.05, 0) is 43.7 Å². The van der Waals surface area contributed by atoms with Crippen LogP contribution in [0.1, 0.15) is 30.6 Å². The number of likely N-dealkylation sites (tertiary alicyclic amines) is 1. The molecule has 0 aliphatic carbocycles. The number of amides is 1. The molecule has 0 spiro atoms. The van der Waals surface area contributed by atoms with Crippen LogP contribution in [-0.4, -0.2) is 37.0 Å². The highest BCUT2D eigenvalue weighted by Gasteiger charge is 2.15. The molecule has 0 atom stereocenters. The molecule has 3 nitrogen and oxygen atoms in total. The van der Waals surface area contributed by atoms with Crippen molar-refractivity contribution in [3.05, 3.63) is 22.4 Å². The lowest BCUT2D eigenvalue weighted by Gasteiger charge is -2.26. The Morgan fingerprint density at radius 3 is 2.83 bits per heavy atom. The predicted octanol–water partition coefficient (Wildman–Crippen LogP) is 2.28. The molecule has 0 saturated carbocycles. The number of hydrogen-bond donors (Lipinski definition) is 1. The molecule has 1 amide bonds. The van der Waals surface area contributed by atoms with Crippen LogP contribution < -0.4 is 5.32 Å². The topological polar surface area (TPSA) is 32.3 Å². The molecule has 0 bridgehead atoms. The van der Waals surface area contributed by atoms with E-state index in [4.69, 9.17) is 0 Å². The van der Waals surface area contributed by atoms with Gasteiger partial charge >= 0.3 is 0 Å². The monoisotopic (exact) mass is 266 g/mol. The molecule has 1 N–H and O–H groups in total. The van der Waals surface area contributed by atoms with Crippen LogP contribution in [0.25, 0.3) is 0 Å². The third-order valence-electron chi connectivity index (χ3n) is 3.35. The zero-order valence-corrected chi connectivity index (χ0v) is 11.7. The van der Waals surface area contributed by atoms with Gasteiger partial charge in [0.25, 0.3) is 0 Å². The Labute approximate surface area is 113 Å². The summed E-state index contributed by atoms with van der Waals surface area (Å²) in [4.78, 5) is 15.3. The lowest BCUT2D eigenvalue weighted by atomic mass is 10.1. The van der Waals surface area contributed by atoms with Crippen LogP contribution in [0.3, 0.4) is 0 Å². The Morgan fingerprint density at radius 2 is 2.11 bits per heavy atom. The fraction of sp³-hybridized carbons (Fsp3) is 0.643. The van der Waals surface area contributed by atoms with Crippen molar-refractivity contribution in [3.8, 4) is 0 Å². The zero-order valence-electron chi connectivity index (χ0n) is 10.9. The zero-order chi connectivity index (χ0) is 12.6. The molecular weight excluding hydrogens is 244 g/mol. The van der Waals surface area contributed by atoms with Gasteiger partial charge in [0, 0.05) is 30.9 Å². The summed E-state index contributed by atoms with van der Waals surface area (Å²) >= 11 is 1.79. The third-order valence-corrected chi connectivity index (χ3v) is 4.29. The smallest absolute Gasteiger partial charge is 0.223 e. The first-order valence-corrected chi connectivity index (χ1v) is 7.75. The van der Waals surface area contributed by atoms with Crippen molar-refractivity contribution in [3.63, 3.8) is 0 Å². The molecule has 18 heavy (non-hydrogen) atoms. The molecule has 1 fully saturated rings. The summed E-state index contributed by atoms with van der Waals surface area (Å²) in [7, 11) is 0. The summed E-state index contributed by atoms with van der Waals surface area (Å²) in [5.74, 6) is 0.318. The summed E-state index contributed by atoms with van der Waals surface area (Å²) in [5.41, 5.74) is 0. The lowest BCUT2D eigenvalue weighted by Crippen LogP contribution is -2.37. The van der Waals surface area contributed by atoms with E-state index >= 15 is 0 Å². The minimum Gasteiger partial charge on any atom is -0.343 e. The SMILES string of the molecule is O=C(CCNCCc1cccs1)N1CCCCC1. The number of hydrogen-bond acceptors (Lipinski definition) is 3. The average molecular weight is 266 g/mol. The number of rotatable bonds is 6. The molecule has 2 heterocycles. The fourth-order valence-corrected chi connectivity index (χ4v) is 3.00. The molecule has 0 unspecified atom stereocenters. The molecule has 1 aromatic heterocycles. The van der Waals surface area contributed by atoms with E-state index in [9.17, 15) is 4.79 Å². The minimum absolute atomic E-state index is 0.318. The van der Waals surface area contributed by atoms with E-state index in [0.717, 1.165) is 32.6 Å². The van der Waals surface area contributed by atoms with Gasteiger partial charge in [0.05, 0.1) is 0 Å². The summed E-state index contributed by atoms with van der Waals surface area (Å²) in [6.07, 6.45) is 5.35. The van der Waals surface area contributed by atoms with Crippen LogP contribution in [0, 0.1) is 0 Å². The number of carbonyl (C=O) groups is 1. The quantitative estimate of drug-likeness (QED) is 0.801. The number of nitrogens with zero attached hydrogens (tertiary/aromatic N) is 1. The maximum atomic E-state index is 11.9. The predicted molar refractivity (Wildman–Crippen MR) is 75.9 cm³/mol. The number of thiophene rings is 1. The molecule has 1 aliphatic rings. The number of piperidine rings is 1. The summed E-state index contributed by atoms with van der Waals surface area (Å²) in [5, 5.41) is 5.46. The largest absolute Gasteiger partial charge is 0.343 e. The second-order valence-corrected chi connectivity index (χ2v) is 5.80. The Hall–Kier alpha value is -0.870. The minimum atomic E-state index is 0.318. The van der Waals surface area contributed by atoms with Gasteiger partial charge < -0.3 is 10.2 Å². The number of nitrogens with one attached hydrogen (secondary N) is 1. The Balaban J connectivity index is 1.53. The summed E-state index contributed by atoms with van der Waals surface area (Å²) in [6, 6.07) is 4.24. The molecule has 0 aromatic carbocycles. The van der Waals surface area contributed by atoms with Gasteiger partial charge in [0.1, 0.15) is 0 Å².